The predicted octanol–water partition coefficient (Wildman–Crippen LogP) is 5.85. The first-order valence-electron chi connectivity index (χ1n) is 15.2. The van der Waals surface area contributed by atoms with Crippen LogP contribution in [0.1, 0.15) is 24.0 Å². The number of halogens is 3. The Morgan fingerprint density at radius 3 is 2.38 bits per heavy atom. The maximum absolute atomic E-state index is 14.4. The second-order valence-corrected chi connectivity index (χ2v) is 13.6. The van der Waals surface area contributed by atoms with Crippen LogP contribution in [0.3, 0.4) is 0 Å². The molecular formula is C36H29Cl2FN2O6. The topological polar surface area (TPSA) is 104 Å². The summed E-state index contributed by atoms with van der Waals surface area (Å²) in [6.07, 6.45) is 5.30. The number of phenolic OH excluding ortho intramolecular Hbond substituents is 1. The van der Waals surface area contributed by atoms with Crippen molar-refractivity contribution in [3.63, 3.8) is 0 Å². The Morgan fingerprint density at radius 1 is 0.957 bits per heavy atom. The molecule has 2 heterocycles. The van der Waals surface area contributed by atoms with Crippen LogP contribution in [0.2, 0.25) is 0 Å². The second-order valence-electron chi connectivity index (χ2n) is 12.3. The highest BCUT2D eigenvalue weighted by Gasteiger charge is 2.76. The van der Waals surface area contributed by atoms with Crippen LogP contribution in [0.15, 0.2) is 90.5 Å². The molecule has 3 aromatic carbocycles. The largest absolute Gasteiger partial charge is 0.504 e. The number of hydrogen-bond donors (Lipinski definition) is 1. The van der Waals surface area contributed by atoms with E-state index in [0.29, 0.717) is 11.1 Å². The molecule has 3 fully saturated rings. The quantitative estimate of drug-likeness (QED) is 0.200. The third-order valence-corrected chi connectivity index (χ3v) is 11.3. The molecular weight excluding hydrogens is 646 g/mol. The SMILES string of the molecule is COc1cc(C=C[C@H]2C3=CC[C@@H]4C(=O)N(Cc5ccccc5)C(=O)[C@@H]4[C@@H]3C[C@@]3(Cl)C(=O)N(c4ccc(F)cc4)C(=O)[C@@]23Cl)ccc1O. The van der Waals surface area contributed by atoms with Gasteiger partial charge in [0.05, 0.1) is 31.2 Å². The summed E-state index contributed by atoms with van der Waals surface area (Å²) < 4.78 is 19.1. The summed E-state index contributed by atoms with van der Waals surface area (Å²) in [5.41, 5.74) is 2.15. The van der Waals surface area contributed by atoms with Crippen LogP contribution >= 0.6 is 23.2 Å². The van der Waals surface area contributed by atoms with Gasteiger partial charge in [0.2, 0.25) is 11.8 Å². The number of aromatic hydroxyl groups is 1. The molecule has 0 spiro atoms. The van der Waals surface area contributed by atoms with Crippen molar-refractivity contribution >= 4 is 58.6 Å². The Bertz CT molecular complexity index is 1880. The van der Waals surface area contributed by atoms with Gasteiger partial charge in [-0.1, -0.05) is 60.2 Å². The number of benzene rings is 3. The van der Waals surface area contributed by atoms with Gasteiger partial charge in [-0.3, -0.25) is 24.1 Å². The van der Waals surface area contributed by atoms with E-state index in [4.69, 9.17) is 27.9 Å². The Labute approximate surface area is 280 Å². The van der Waals surface area contributed by atoms with Gasteiger partial charge in [-0.2, -0.15) is 0 Å². The Morgan fingerprint density at radius 2 is 1.68 bits per heavy atom. The molecule has 3 aromatic rings. The number of imide groups is 2. The maximum Gasteiger partial charge on any atom is 0.258 e. The van der Waals surface area contributed by atoms with Gasteiger partial charge >= 0.3 is 0 Å². The molecule has 0 bridgehead atoms. The zero-order chi connectivity index (χ0) is 33.2. The number of alkyl halides is 2. The lowest BCUT2D eigenvalue weighted by molar-refractivity contribution is -0.141. The molecule has 2 aliphatic carbocycles. The number of hydrogen-bond acceptors (Lipinski definition) is 6. The zero-order valence-electron chi connectivity index (χ0n) is 25.1. The highest BCUT2D eigenvalue weighted by atomic mass is 35.5. The first kappa shape index (κ1) is 31.1. The molecule has 4 amide bonds. The van der Waals surface area contributed by atoms with Crippen LogP contribution < -0.4 is 9.64 Å². The number of phenols is 1. The van der Waals surface area contributed by atoms with Gasteiger partial charge in [0.1, 0.15) is 5.82 Å². The molecule has 6 atom stereocenters. The minimum atomic E-state index is -2.03. The molecule has 4 aliphatic rings. The number of amides is 4. The minimum Gasteiger partial charge on any atom is -0.504 e. The summed E-state index contributed by atoms with van der Waals surface area (Å²) >= 11 is 14.7. The van der Waals surface area contributed by atoms with Crippen molar-refractivity contribution in [2.45, 2.75) is 29.1 Å². The molecule has 1 saturated carbocycles. The first-order chi connectivity index (χ1) is 22.5. The predicted molar refractivity (Wildman–Crippen MR) is 173 cm³/mol. The number of anilines is 1. The van der Waals surface area contributed by atoms with E-state index in [2.05, 4.69) is 0 Å². The summed E-state index contributed by atoms with van der Waals surface area (Å²) in [5, 5.41) is 10.1. The normalized spacial score (nSPS) is 30.0. The van der Waals surface area contributed by atoms with Gasteiger partial charge in [0.25, 0.3) is 11.8 Å². The summed E-state index contributed by atoms with van der Waals surface area (Å²) in [6, 6.07) is 18.8. The molecule has 0 radical (unpaired) electrons. The molecule has 7 rings (SSSR count). The molecule has 11 heteroatoms. The van der Waals surface area contributed by atoms with Gasteiger partial charge in [0, 0.05) is 5.92 Å². The van der Waals surface area contributed by atoms with Gasteiger partial charge in [-0.05, 0) is 66.3 Å². The highest BCUT2D eigenvalue weighted by Crippen LogP contribution is 2.63. The number of allylic oxidation sites excluding steroid dienone is 3. The van der Waals surface area contributed by atoms with Crippen molar-refractivity contribution in [1.29, 1.82) is 0 Å². The van der Waals surface area contributed by atoms with Crippen LogP contribution in [-0.4, -0.2) is 50.5 Å². The summed E-state index contributed by atoms with van der Waals surface area (Å²) in [4.78, 5) is 54.5. The van der Waals surface area contributed by atoms with Crippen molar-refractivity contribution in [1.82, 2.24) is 4.90 Å². The molecule has 8 nitrogen and oxygen atoms in total. The first-order valence-corrected chi connectivity index (χ1v) is 15.9. The van der Waals surface area contributed by atoms with Gasteiger partial charge < -0.3 is 9.84 Å². The number of fused-ring (bicyclic) bond motifs is 4. The van der Waals surface area contributed by atoms with Crippen molar-refractivity contribution in [2.24, 2.45) is 23.7 Å². The highest BCUT2D eigenvalue weighted by molar-refractivity contribution is 6.58. The number of likely N-dealkylation sites (tertiary alicyclic amines) is 1. The fourth-order valence-corrected chi connectivity index (χ4v) is 8.53. The van der Waals surface area contributed by atoms with Crippen molar-refractivity contribution in [3.8, 4) is 11.5 Å². The molecule has 1 N–H and O–H groups in total. The lowest BCUT2D eigenvalue weighted by atomic mass is 9.57. The van der Waals surface area contributed by atoms with Crippen LogP contribution in [-0.2, 0) is 25.7 Å². The van der Waals surface area contributed by atoms with Crippen molar-refractivity contribution < 1.29 is 33.4 Å². The Kier molecular flexibility index (Phi) is 7.52. The molecule has 47 heavy (non-hydrogen) atoms. The Hall–Kier alpha value is -4.47. The standard InChI is InChI=1S/C36H29Cl2FN2O6/c1-47-29-17-20(8-16-28(29)42)7-15-27-24-13-14-25-30(32(44)40(31(25)43)19-21-5-3-2-4-6-21)26(24)18-35(37)33(45)41(34(46)36(27,35)38)23-11-9-22(39)10-12-23/h2-13,15-17,25-27,30,42H,14,18-19H2,1H3/t25-,26+,27-,30-,35+,36-/m0/s1. The minimum absolute atomic E-state index is 0.0621. The average Bonchev–Trinajstić information content (AvgIpc) is 3.39. The second kappa shape index (κ2) is 11.3. The zero-order valence-corrected chi connectivity index (χ0v) is 26.6. The van der Waals surface area contributed by atoms with E-state index >= 15 is 0 Å². The maximum atomic E-state index is 14.4. The molecule has 0 unspecified atom stereocenters. The number of carbonyl (C=O) groups is 4. The fraction of sp³-hybridized carbons (Fsp3) is 0.278. The van der Waals surface area contributed by atoms with Crippen LogP contribution in [0.25, 0.3) is 6.08 Å². The van der Waals surface area contributed by atoms with E-state index in [9.17, 15) is 28.7 Å². The number of methoxy groups -OCH3 is 1. The summed E-state index contributed by atoms with van der Waals surface area (Å²) in [6.45, 7) is 0.112. The van der Waals surface area contributed by atoms with E-state index in [1.807, 2.05) is 36.4 Å². The van der Waals surface area contributed by atoms with Crippen LogP contribution in [0.4, 0.5) is 10.1 Å². The number of nitrogens with zero attached hydrogens (tertiary/aromatic N) is 2. The van der Waals surface area contributed by atoms with Crippen molar-refractivity contribution in [3.05, 3.63) is 107 Å². The van der Waals surface area contributed by atoms with Gasteiger partial charge in [-0.15, -0.1) is 23.2 Å². The van der Waals surface area contributed by atoms with E-state index in [1.165, 1.54) is 30.2 Å². The monoisotopic (exact) mass is 674 g/mol. The Balaban J connectivity index is 1.33. The molecule has 2 saturated heterocycles. The van der Waals surface area contributed by atoms with Gasteiger partial charge in [0.15, 0.2) is 21.2 Å². The van der Waals surface area contributed by atoms with E-state index in [-0.39, 0.29) is 48.4 Å². The van der Waals surface area contributed by atoms with E-state index < -0.39 is 51.1 Å². The number of ether oxygens (including phenoxy) is 1. The number of rotatable bonds is 6. The van der Waals surface area contributed by atoms with Crippen molar-refractivity contribution in [2.75, 3.05) is 12.0 Å². The molecule has 0 aromatic heterocycles. The third kappa shape index (κ3) is 4.62. The average molecular weight is 676 g/mol. The van der Waals surface area contributed by atoms with Crippen LogP contribution in [0.5, 0.6) is 11.5 Å². The lowest BCUT2D eigenvalue weighted by Crippen LogP contribution is -2.60. The van der Waals surface area contributed by atoms with E-state index in [0.717, 1.165) is 22.6 Å². The van der Waals surface area contributed by atoms with E-state index in [1.54, 1.807) is 24.3 Å². The lowest BCUT2D eigenvalue weighted by Gasteiger charge is -2.49. The number of carbonyl (C=O) groups excluding carboxylic acids is 4. The third-order valence-electron chi connectivity index (χ3n) is 9.91. The molecule has 240 valence electrons. The fourth-order valence-electron chi connectivity index (χ4n) is 7.64. The van der Waals surface area contributed by atoms with Gasteiger partial charge in [-0.25, -0.2) is 9.29 Å². The summed E-state index contributed by atoms with van der Waals surface area (Å²) in [5.74, 6) is -5.72. The summed E-state index contributed by atoms with van der Waals surface area (Å²) in [7, 11) is 1.42. The molecule has 2 aliphatic heterocycles. The smallest absolute Gasteiger partial charge is 0.258 e. The van der Waals surface area contributed by atoms with Crippen LogP contribution in [0, 0.1) is 29.5 Å².